The number of aromatic nitrogens is 4. The summed E-state index contributed by atoms with van der Waals surface area (Å²) in [6, 6.07) is 4.17. The molecule has 0 aliphatic heterocycles. The molecular weight excluding hydrogens is 394 g/mol. The van der Waals surface area contributed by atoms with Crippen LogP contribution >= 0.6 is 15.9 Å². The molecule has 0 N–H and O–H groups in total. The minimum Gasteiger partial charge on any atom is -0.361 e. The average Bonchev–Trinajstić information content (AvgIpc) is 3.44. The highest BCUT2D eigenvalue weighted by Gasteiger charge is 2.31. The number of nitrogens with zero attached hydrogens (tertiary/aromatic N) is 5. The smallest absolute Gasteiger partial charge is 0.134 e. The summed E-state index contributed by atoms with van der Waals surface area (Å²) in [4.78, 5) is 13.8. The van der Waals surface area contributed by atoms with Crippen LogP contribution in [0.15, 0.2) is 16.9 Å². The fourth-order valence-corrected chi connectivity index (χ4v) is 3.43. The molecule has 1 unspecified atom stereocenters. The Balaban J connectivity index is 1.89. The van der Waals surface area contributed by atoms with Crippen molar-refractivity contribution in [3.8, 4) is 17.5 Å². The first-order valence-electron chi connectivity index (χ1n) is 9.19. The lowest BCUT2D eigenvalue weighted by Crippen LogP contribution is -2.10. The van der Waals surface area contributed by atoms with Crippen molar-refractivity contribution in [2.24, 2.45) is 5.92 Å². The quantitative estimate of drug-likeness (QED) is 0.562. The van der Waals surface area contributed by atoms with E-state index in [2.05, 4.69) is 38.5 Å². The summed E-state index contributed by atoms with van der Waals surface area (Å²) in [6.45, 7) is 5.23. The molecule has 138 valence electrons. The molecule has 2 heterocycles. The zero-order valence-electron chi connectivity index (χ0n) is 15.3. The molecule has 6 nitrogen and oxygen atoms in total. The van der Waals surface area contributed by atoms with Crippen LogP contribution in [-0.2, 0) is 17.9 Å². The largest absolute Gasteiger partial charge is 0.361 e. The lowest BCUT2D eigenvalue weighted by molar-refractivity contribution is 0.0765. The molecule has 7 heteroatoms. The van der Waals surface area contributed by atoms with Gasteiger partial charge >= 0.3 is 0 Å². The molecule has 2 aromatic rings. The normalized spacial score (nSPS) is 15.0. The third kappa shape index (κ3) is 4.49. The molecule has 3 rings (SSSR count). The van der Waals surface area contributed by atoms with Gasteiger partial charge in [0.1, 0.15) is 28.7 Å². The predicted octanol–water partition coefficient (Wildman–Crippen LogP) is 4.46. The number of imidazole rings is 1. The van der Waals surface area contributed by atoms with Gasteiger partial charge in [0.05, 0.1) is 11.8 Å². The van der Waals surface area contributed by atoms with Crippen molar-refractivity contribution in [2.75, 3.05) is 6.61 Å². The summed E-state index contributed by atoms with van der Waals surface area (Å²) in [5.74, 6) is 2.35. The molecular formula is C19H24BrN5O. The van der Waals surface area contributed by atoms with Crippen molar-refractivity contribution in [1.29, 1.82) is 5.26 Å². The number of nitriles is 1. The monoisotopic (exact) mass is 417 g/mol. The first-order chi connectivity index (χ1) is 12.6. The van der Waals surface area contributed by atoms with Gasteiger partial charge in [-0.15, -0.1) is 0 Å². The molecule has 0 spiro atoms. The summed E-state index contributed by atoms with van der Waals surface area (Å²) < 4.78 is 8.75. The molecule has 2 aromatic heterocycles. The van der Waals surface area contributed by atoms with Crippen LogP contribution in [0.2, 0.25) is 0 Å². The second kappa shape index (κ2) is 8.74. The Bertz CT molecular complexity index is 794. The molecule has 1 saturated carbocycles. The summed E-state index contributed by atoms with van der Waals surface area (Å²) in [5.41, 5.74) is 1.78. The highest BCUT2D eigenvalue weighted by Crippen LogP contribution is 2.42. The molecule has 1 atom stereocenters. The van der Waals surface area contributed by atoms with Gasteiger partial charge in [0.2, 0.25) is 0 Å². The van der Waals surface area contributed by atoms with Gasteiger partial charge in [0, 0.05) is 31.1 Å². The fourth-order valence-electron chi connectivity index (χ4n) is 2.83. The Hall–Kier alpha value is -1.78. The third-order valence-electron chi connectivity index (χ3n) is 4.44. The standard InChI is InChI=1S/C19H24BrN5O/c1-3-10-26-12-25-17(18(20)24-19(25)14-5-6-14)15-8-9-22-16(23-15)7-4-13(2)11-21/h8-9,13-14H,3-7,10,12H2,1-2H3. The minimum absolute atomic E-state index is 0.00318. The van der Waals surface area contributed by atoms with E-state index in [1.165, 1.54) is 12.8 Å². The van der Waals surface area contributed by atoms with E-state index in [-0.39, 0.29) is 5.92 Å². The van der Waals surface area contributed by atoms with E-state index in [4.69, 9.17) is 20.0 Å². The lowest BCUT2D eigenvalue weighted by Gasteiger charge is -2.12. The number of hydrogen-bond acceptors (Lipinski definition) is 5. The highest BCUT2D eigenvalue weighted by atomic mass is 79.9. The molecule has 1 aliphatic rings. The fraction of sp³-hybridized carbons (Fsp3) is 0.579. The van der Waals surface area contributed by atoms with Crippen LogP contribution in [-0.4, -0.2) is 26.1 Å². The number of aryl methyl sites for hydroxylation is 1. The Labute approximate surface area is 162 Å². The van der Waals surface area contributed by atoms with Gasteiger partial charge in [-0.05, 0) is 54.6 Å². The van der Waals surface area contributed by atoms with Crippen molar-refractivity contribution in [3.05, 3.63) is 28.5 Å². The molecule has 0 amide bonds. The van der Waals surface area contributed by atoms with Crippen LogP contribution < -0.4 is 0 Å². The van der Waals surface area contributed by atoms with E-state index in [0.29, 0.717) is 19.1 Å². The maximum absolute atomic E-state index is 8.96. The molecule has 0 saturated heterocycles. The second-order valence-corrected chi connectivity index (χ2v) is 7.53. The van der Waals surface area contributed by atoms with E-state index in [1.807, 2.05) is 13.0 Å². The average molecular weight is 418 g/mol. The van der Waals surface area contributed by atoms with Crippen molar-refractivity contribution in [2.45, 2.75) is 58.6 Å². The van der Waals surface area contributed by atoms with Crippen LogP contribution in [0.5, 0.6) is 0 Å². The maximum Gasteiger partial charge on any atom is 0.134 e. The highest BCUT2D eigenvalue weighted by molar-refractivity contribution is 9.10. The Morgan fingerprint density at radius 2 is 2.23 bits per heavy atom. The number of ether oxygens (including phenoxy) is 1. The van der Waals surface area contributed by atoms with Gasteiger partial charge in [-0.25, -0.2) is 15.0 Å². The lowest BCUT2D eigenvalue weighted by atomic mass is 10.1. The summed E-state index contributed by atoms with van der Waals surface area (Å²) in [5, 5.41) is 8.96. The molecule has 26 heavy (non-hydrogen) atoms. The Kier molecular flexibility index (Phi) is 6.38. The van der Waals surface area contributed by atoms with Crippen LogP contribution in [0.25, 0.3) is 11.4 Å². The van der Waals surface area contributed by atoms with Crippen molar-refractivity contribution in [1.82, 2.24) is 19.5 Å². The van der Waals surface area contributed by atoms with E-state index >= 15 is 0 Å². The van der Waals surface area contributed by atoms with Gasteiger partial charge in [0.25, 0.3) is 0 Å². The maximum atomic E-state index is 8.96. The van der Waals surface area contributed by atoms with E-state index < -0.39 is 0 Å². The first kappa shape index (κ1) is 19.0. The van der Waals surface area contributed by atoms with Gasteiger partial charge in [-0.1, -0.05) is 6.92 Å². The van der Waals surface area contributed by atoms with E-state index in [1.54, 1.807) is 6.20 Å². The number of hydrogen-bond donors (Lipinski definition) is 0. The van der Waals surface area contributed by atoms with E-state index in [9.17, 15) is 0 Å². The van der Waals surface area contributed by atoms with Gasteiger partial charge < -0.3 is 9.30 Å². The van der Waals surface area contributed by atoms with Crippen molar-refractivity contribution in [3.63, 3.8) is 0 Å². The molecule has 0 bridgehead atoms. The van der Waals surface area contributed by atoms with Crippen LogP contribution in [0.4, 0.5) is 0 Å². The first-order valence-corrected chi connectivity index (χ1v) is 9.98. The summed E-state index contributed by atoms with van der Waals surface area (Å²) in [6.07, 6.45) is 6.57. The predicted molar refractivity (Wildman–Crippen MR) is 102 cm³/mol. The SMILES string of the molecule is CCCOCn1c(C2CC2)nc(Br)c1-c1ccnc(CCC(C)C#N)n1. The number of rotatable bonds is 9. The van der Waals surface area contributed by atoms with Crippen molar-refractivity contribution >= 4 is 15.9 Å². The molecule has 1 aliphatic carbocycles. The van der Waals surface area contributed by atoms with Crippen molar-refractivity contribution < 1.29 is 4.74 Å². The third-order valence-corrected chi connectivity index (χ3v) is 4.99. The Morgan fingerprint density at radius 1 is 1.42 bits per heavy atom. The van der Waals surface area contributed by atoms with Crippen LogP contribution in [0, 0.1) is 17.2 Å². The van der Waals surface area contributed by atoms with E-state index in [0.717, 1.165) is 47.1 Å². The summed E-state index contributed by atoms with van der Waals surface area (Å²) in [7, 11) is 0. The van der Waals surface area contributed by atoms with Gasteiger partial charge in [0.15, 0.2) is 0 Å². The zero-order chi connectivity index (χ0) is 18.5. The topological polar surface area (TPSA) is 76.6 Å². The Morgan fingerprint density at radius 3 is 2.92 bits per heavy atom. The van der Waals surface area contributed by atoms with Crippen LogP contribution in [0.3, 0.4) is 0 Å². The molecule has 1 fully saturated rings. The van der Waals surface area contributed by atoms with Gasteiger partial charge in [-0.3, -0.25) is 0 Å². The molecule has 0 radical (unpaired) electrons. The zero-order valence-corrected chi connectivity index (χ0v) is 16.9. The molecule has 0 aromatic carbocycles. The van der Waals surface area contributed by atoms with Gasteiger partial charge in [-0.2, -0.15) is 5.26 Å². The minimum atomic E-state index is 0.00318. The second-order valence-electron chi connectivity index (χ2n) is 6.78. The number of halogens is 1. The van der Waals surface area contributed by atoms with Crippen LogP contribution in [0.1, 0.15) is 57.1 Å². The summed E-state index contributed by atoms with van der Waals surface area (Å²) >= 11 is 3.62.